The average Bonchev–Trinajstić information content (AvgIpc) is 2.35. The molecular formula is C12H23NO4S. The Kier molecular flexibility index (Phi) is 5.16. The maximum absolute atomic E-state index is 12.1. The monoisotopic (exact) mass is 277 g/mol. The molecular weight excluding hydrogens is 254 g/mol. The van der Waals surface area contributed by atoms with Crippen molar-refractivity contribution in [1.82, 2.24) is 5.32 Å². The molecule has 1 rings (SSSR count). The summed E-state index contributed by atoms with van der Waals surface area (Å²) in [6.45, 7) is 3.57. The summed E-state index contributed by atoms with van der Waals surface area (Å²) >= 11 is 0. The van der Waals surface area contributed by atoms with Crippen LogP contribution in [0.25, 0.3) is 0 Å². The van der Waals surface area contributed by atoms with Gasteiger partial charge in [0.25, 0.3) is 0 Å². The molecule has 6 heteroatoms. The van der Waals surface area contributed by atoms with Crippen molar-refractivity contribution in [1.29, 1.82) is 0 Å². The summed E-state index contributed by atoms with van der Waals surface area (Å²) in [6.07, 6.45) is 2.96. The minimum Gasteiger partial charge on any atom is -0.394 e. The summed E-state index contributed by atoms with van der Waals surface area (Å²) in [6, 6.07) is 0. The van der Waals surface area contributed by atoms with Crippen molar-refractivity contribution in [2.75, 3.05) is 12.4 Å². The Labute approximate surface area is 109 Å². The molecule has 18 heavy (non-hydrogen) atoms. The zero-order valence-corrected chi connectivity index (χ0v) is 11.9. The van der Waals surface area contributed by atoms with Gasteiger partial charge < -0.3 is 10.4 Å². The Morgan fingerprint density at radius 2 is 1.94 bits per heavy atom. The lowest BCUT2D eigenvalue weighted by Gasteiger charge is -2.33. The third-order valence-electron chi connectivity index (χ3n) is 3.92. The molecule has 1 amide bonds. The minimum absolute atomic E-state index is 0.0927. The van der Waals surface area contributed by atoms with Crippen LogP contribution in [0.4, 0.5) is 0 Å². The number of nitrogens with one attached hydrogen (secondary N) is 1. The lowest BCUT2D eigenvalue weighted by atomic mass is 9.93. The highest BCUT2D eigenvalue weighted by molar-refractivity contribution is 7.92. The van der Waals surface area contributed by atoms with Gasteiger partial charge in [0, 0.05) is 0 Å². The van der Waals surface area contributed by atoms with Gasteiger partial charge in [0.1, 0.15) is 5.25 Å². The number of hydrogen-bond acceptors (Lipinski definition) is 4. The molecule has 0 radical (unpaired) electrons. The zero-order chi connectivity index (χ0) is 13.8. The fourth-order valence-electron chi connectivity index (χ4n) is 2.28. The van der Waals surface area contributed by atoms with Crippen LogP contribution in [0.15, 0.2) is 0 Å². The van der Waals surface area contributed by atoms with Crippen LogP contribution in [0, 0.1) is 0 Å². The van der Waals surface area contributed by atoms with Crippen LogP contribution in [-0.4, -0.2) is 42.6 Å². The quantitative estimate of drug-likeness (QED) is 0.771. The zero-order valence-electron chi connectivity index (χ0n) is 11.1. The second-order valence-corrected chi connectivity index (χ2v) is 7.29. The van der Waals surface area contributed by atoms with Crippen LogP contribution < -0.4 is 5.32 Å². The number of hydrogen-bond donors (Lipinski definition) is 2. The summed E-state index contributed by atoms with van der Waals surface area (Å²) in [5, 5.41) is 11.2. The molecule has 1 aliphatic rings. The van der Waals surface area contributed by atoms with E-state index in [-0.39, 0.29) is 12.4 Å². The number of sulfone groups is 1. The Morgan fingerprint density at radius 1 is 1.33 bits per heavy atom. The molecule has 5 nitrogen and oxygen atoms in total. The molecule has 0 aromatic carbocycles. The van der Waals surface area contributed by atoms with Gasteiger partial charge >= 0.3 is 0 Å². The van der Waals surface area contributed by atoms with Gasteiger partial charge in [-0.25, -0.2) is 8.42 Å². The molecule has 0 bridgehead atoms. The van der Waals surface area contributed by atoms with Gasteiger partial charge in [0.05, 0.1) is 17.9 Å². The van der Waals surface area contributed by atoms with E-state index < -0.39 is 26.5 Å². The topological polar surface area (TPSA) is 83.5 Å². The number of aliphatic hydroxyl groups is 1. The van der Waals surface area contributed by atoms with Crippen LogP contribution >= 0.6 is 0 Å². The van der Waals surface area contributed by atoms with Crippen molar-refractivity contribution in [2.24, 2.45) is 0 Å². The van der Waals surface area contributed by atoms with Gasteiger partial charge in [-0.05, 0) is 25.7 Å². The number of carbonyl (C=O) groups is 1. The molecule has 1 fully saturated rings. The van der Waals surface area contributed by atoms with Crippen LogP contribution in [0.5, 0.6) is 0 Å². The molecule has 1 aliphatic heterocycles. The Hall–Kier alpha value is -0.620. The lowest BCUT2D eigenvalue weighted by Crippen LogP contribution is -2.55. The second kappa shape index (κ2) is 6.02. The largest absolute Gasteiger partial charge is 0.394 e. The highest BCUT2D eigenvalue weighted by atomic mass is 32.2. The van der Waals surface area contributed by atoms with Crippen molar-refractivity contribution in [2.45, 2.75) is 56.7 Å². The van der Waals surface area contributed by atoms with E-state index in [0.29, 0.717) is 25.7 Å². The lowest BCUT2D eigenvalue weighted by molar-refractivity contribution is -0.123. The molecule has 1 atom stereocenters. The maximum atomic E-state index is 12.1. The third-order valence-corrected chi connectivity index (χ3v) is 6.09. The van der Waals surface area contributed by atoms with E-state index in [2.05, 4.69) is 5.32 Å². The van der Waals surface area contributed by atoms with Crippen LogP contribution in [0.2, 0.25) is 0 Å². The van der Waals surface area contributed by atoms with E-state index >= 15 is 0 Å². The van der Waals surface area contributed by atoms with E-state index in [1.54, 1.807) is 0 Å². The summed E-state index contributed by atoms with van der Waals surface area (Å²) in [4.78, 5) is 12.1. The number of aliphatic hydroxyl groups excluding tert-OH is 1. The molecule has 106 valence electrons. The van der Waals surface area contributed by atoms with E-state index in [9.17, 15) is 18.3 Å². The standard InChI is InChI=1S/C12H23NO4S/c1-3-12(4-2,9-14)13-11(15)10-7-5-6-8-18(10,16)17/h10,14H,3-9H2,1-2H3,(H,13,15). The van der Waals surface area contributed by atoms with Gasteiger partial charge in [0.15, 0.2) is 9.84 Å². The normalized spacial score (nSPS) is 23.6. The van der Waals surface area contributed by atoms with Crippen molar-refractivity contribution < 1.29 is 18.3 Å². The Morgan fingerprint density at radius 3 is 2.39 bits per heavy atom. The fraction of sp³-hybridized carbons (Fsp3) is 0.917. The maximum Gasteiger partial charge on any atom is 0.238 e. The molecule has 1 heterocycles. The second-order valence-electron chi connectivity index (χ2n) is 4.99. The molecule has 0 aliphatic carbocycles. The predicted molar refractivity (Wildman–Crippen MR) is 70.0 cm³/mol. The Balaban J connectivity index is 2.81. The first-order valence-corrected chi connectivity index (χ1v) is 8.27. The van der Waals surface area contributed by atoms with Crippen LogP contribution in [-0.2, 0) is 14.6 Å². The molecule has 0 aromatic heterocycles. The van der Waals surface area contributed by atoms with Crippen LogP contribution in [0.3, 0.4) is 0 Å². The molecule has 0 aromatic rings. The number of amides is 1. The molecule has 0 spiro atoms. The van der Waals surface area contributed by atoms with Crippen molar-refractivity contribution >= 4 is 15.7 Å². The Bertz CT molecular complexity index is 379. The summed E-state index contributed by atoms with van der Waals surface area (Å²) < 4.78 is 23.7. The first-order valence-electron chi connectivity index (χ1n) is 6.55. The minimum atomic E-state index is -3.31. The van der Waals surface area contributed by atoms with Crippen molar-refractivity contribution in [3.63, 3.8) is 0 Å². The van der Waals surface area contributed by atoms with E-state index in [1.165, 1.54) is 0 Å². The summed E-state index contributed by atoms with van der Waals surface area (Å²) in [7, 11) is -3.31. The van der Waals surface area contributed by atoms with Crippen molar-refractivity contribution in [3.8, 4) is 0 Å². The van der Waals surface area contributed by atoms with E-state index in [4.69, 9.17) is 0 Å². The molecule has 1 saturated heterocycles. The molecule has 1 unspecified atom stereocenters. The third kappa shape index (κ3) is 3.23. The SMILES string of the molecule is CCC(CC)(CO)NC(=O)C1CCCCS1(=O)=O. The summed E-state index contributed by atoms with van der Waals surface area (Å²) in [5.74, 6) is -0.359. The summed E-state index contributed by atoms with van der Waals surface area (Å²) in [5.41, 5.74) is -0.690. The highest BCUT2D eigenvalue weighted by Gasteiger charge is 2.38. The molecule has 2 N–H and O–H groups in total. The van der Waals surface area contributed by atoms with Gasteiger partial charge in [-0.1, -0.05) is 20.3 Å². The van der Waals surface area contributed by atoms with E-state index in [1.807, 2.05) is 13.8 Å². The van der Waals surface area contributed by atoms with Gasteiger partial charge in [-0.3, -0.25) is 4.79 Å². The fourth-order valence-corrected chi connectivity index (χ4v) is 4.08. The number of carbonyl (C=O) groups excluding carboxylic acids is 1. The first kappa shape index (κ1) is 15.4. The predicted octanol–water partition coefficient (Wildman–Crippen LogP) is 0.621. The number of rotatable bonds is 5. The van der Waals surface area contributed by atoms with Crippen LogP contribution in [0.1, 0.15) is 46.0 Å². The highest BCUT2D eigenvalue weighted by Crippen LogP contribution is 2.22. The smallest absolute Gasteiger partial charge is 0.238 e. The molecule has 0 saturated carbocycles. The van der Waals surface area contributed by atoms with Gasteiger partial charge in [-0.15, -0.1) is 0 Å². The van der Waals surface area contributed by atoms with Gasteiger partial charge in [-0.2, -0.15) is 0 Å². The first-order chi connectivity index (χ1) is 8.40. The van der Waals surface area contributed by atoms with Crippen molar-refractivity contribution in [3.05, 3.63) is 0 Å². The van der Waals surface area contributed by atoms with Gasteiger partial charge in [0.2, 0.25) is 5.91 Å². The average molecular weight is 277 g/mol. The van der Waals surface area contributed by atoms with E-state index in [0.717, 1.165) is 6.42 Å².